The summed E-state index contributed by atoms with van der Waals surface area (Å²) in [7, 11) is 0. The van der Waals surface area contributed by atoms with Gasteiger partial charge in [0.15, 0.2) is 0 Å². The summed E-state index contributed by atoms with van der Waals surface area (Å²) in [6.45, 7) is 2.53. The zero-order chi connectivity index (χ0) is 9.40. The monoisotopic (exact) mass is 174 g/mol. The number of nitrogens with one attached hydrogen (secondary N) is 1. The van der Waals surface area contributed by atoms with E-state index in [0.717, 1.165) is 19.3 Å². The number of carbonyl (C=O) groups excluding carboxylic acids is 2. The zero-order valence-corrected chi connectivity index (χ0v) is 7.12. The number of unbranched alkanes of at least 4 members (excludes halogenated alkanes) is 2. The Morgan fingerprint density at radius 1 is 1.58 bits per heavy atom. The van der Waals surface area contributed by atoms with Crippen LogP contribution in [0.25, 0.3) is 0 Å². The minimum atomic E-state index is -0.777. The van der Waals surface area contributed by atoms with Gasteiger partial charge in [0, 0.05) is 6.54 Å². The van der Waals surface area contributed by atoms with Crippen LogP contribution >= 0.6 is 0 Å². The molecule has 0 aromatic rings. The third kappa shape index (κ3) is 4.68. The maximum absolute atomic E-state index is 10.7. The second-order valence-corrected chi connectivity index (χ2v) is 2.39. The number of nitrogens with zero attached hydrogens (tertiary/aromatic N) is 1. The number of rotatable bonds is 5. The molecule has 0 heterocycles. The molecular weight excluding hydrogens is 160 g/mol. The van der Waals surface area contributed by atoms with Crippen LogP contribution in [0, 0.1) is 0 Å². The van der Waals surface area contributed by atoms with E-state index >= 15 is 0 Å². The fraction of sp³-hybridized carbons (Fsp3) is 0.714. The lowest BCUT2D eigenvalue weighted by Gasteiger charge is -2.07. The highest BCUT2D eigenvalue weighted by atomic mass is 16.5. The number of amides is 3. The molecule has 0 spiro atoms. The van der Waals surface area contributed by atoms with Crippen molar-refractivity contribution in [1.82, 2.24) is 10.4 Å². The quantitative estimate of drug-likeness (QED) is 0.279. The molecule has 5 nitrogen and oxygen atoms in total. The number of imide groups is 1. The summed E-state index contributed by atoms with van der Waals surface area (Å²) in [5.74, 6) is 0. The average molecular weight is 174 g/mol. The molecule has 12 heavy (non-hydrogen) atoms. The average Bonchev–Trinajstić information content (AvgIpc) is 2.10. The smallest absolute Gasteiger partial charge is 0.336 e. The molecule has 0 atom stereocenters. The summed E-state index contributed by atoms with van der Waals surface area (Å²) < 4.78 is 0. The van der Waals surface area contributed by atoms with Gasteiger partial charge < -0.3 is 5.32 Å². The van der Waals surface area contributed by atoms with Crippen molar-refractivity contribution in [2.75, 3.05) is 6.54 Å². The largest absolute Gasteiger partial charge is 0.348 e. The lowest BCUT2D eigenvalue weighted by atomic mass is 10.2. The van der Waals surface area contributed by atoms with Crippen LogP contribution in [0.4, 0.5) is 4.79 Å². The first-order valence-corrected chi connectivity index (χ1v) is 3.93. The first-order valence-electron chi connectivity index (χ1n) is 3.93. The van der Waals surface area contributed by atoms with Gasteiger partial charge in [-0.1, -0.05) is 19.8 Å². The van der Waals surface area contributed by atoms with Crippen LogP contribution in [-0.4, -0.2) is 29.3 Å². The number of hydrogen-bond acceptors (Lipinski definition) is 3. The molecule has 0 aliphatic carbocycles. The van der Waals surface area contributed by atoms with Crippen molar-refractivity contribution >= 4 is 12.4 Å². The van der Waals surface area contributed by atoms with Crippen LogP contribution in [0.3, 0.4) is 0 Å². The third-order valence-corrected chi connectivity index (χ3v) is 1.36. The van der Waals surface area contributed by atoms with Crippen LogP contribution in [-0.2, 0) is 4.79 Å². The number of hydroxylamine groups is 2. The summed E-state index contributed by atoms with van der Waals surface area (Å²) in [5.41, 5.74) is 0. The van der Waals surface area contributed by atoms with Gasteiger partial charge in [-0.2, -0.15) is 0 Å². The van der Waals surface area contributed by atoms with Gasteiger partial charge in [0.05, 0.1) is 0 Å². The lowest BCUT2D eigenvalue weighted by Crippen LogP contribution is -2.37. The molecule has 3 amide bonds. The van der Waals surface area contributed by atoms with Gasteiger partial charge in [0.25, 0.3) is 0 Å². The summed E-state index contributed by atoms with van der Waals surface area (Å²) in [6.07, 6.45) is 2.99. The molecular formula is C7H14N2O3. The fourth-order valence-electron chi connectivity index (χ4n) is 0.699. The Morgan fingerprint density at radius 2 is 2.25 bits per heavy atom. The van der Waals surface area contributed by atoms with Crippen molar-refractivity contribution in [2.24, 2.45) is 0 Å². The molecule has 0 saturated heterocycles. The Hall–Kier alpha value is -1.10. The van der Waals surface area contributed by atoms with Crippen molar-refractivity contribution < 1.29 is 14.8 Å². The number of urea groups is 1. The highest BCUT2D eigenvalue weighted by Crippen LogP contribution is 1.91. The van der Waals surface area contributed by atoms with Gasteiger partial charge >= 0.3 is 6.03 Å². The molecule has 0 unspecified atom stereocenters. The van der Waals surface area contributed by atoms with Gasteiger partial charge in [-0.05, 0) is 6.42 Å². The summed E-state index contributed by atoms with van der Waals surface area (Å²) in [6, 6.07) is -0.777. The second kappa shape index (κ2) is 6.60. The lowest BCUT2D eigenvalue weighted by molar-refractivity contribution is -0.137. The molecule has 2 N–H and O–H groups in total. The van der Waals surface area contributed by atoms with Crippen LogP contribution in [0.1, 0.15) is 26.2 Å². The van der Waals surface area contributed by atoms with Gasteiger partial charge in [0.1, 0.15) is 0 Å². The van der Waals surface area contributed by atoms with E-state index in [1.165, 1.54) is 0 Å². The van der Waals surface area contributed by atoms with E-state index < -0.39 is 6.03 Å². The first-order chi connectivity index (χ1) is 5.72. The van der Waals surface area contributed by atoms with Crippen LogP contribution in [0.2, 0.25) is 0 Å². The molecule has 0 aromatic heterocycles. The van der Waals surface area contributed by atoms with E-state index in [1.807, 2.05) is 6.92 Å². The minimum absolute atomic E-state index is 0.00799. The normalized spacial score (nSPS) is 9.17. The Balaban J connectivity index is 3.37. The molecule has 70 valence electrons. The fourth-order valence-corrected chi connectivity index (χ4v) is 0.699. The second-order valence-electron chi connectivity index (χ2n) is 2.39. The number of carbonyl (C=O) groups is 2. The van der Waals surface area contributed by atoms with Crippen molar-refractivity contribution in [3.8, 4) is 0 Å². The zero-order valence-electron chi connectivity index (χ0n) is 7.12. The SMILES string of the molecule is CCCCCNC(=O)N(O)C=O. The van der Waals surface area contributed by atoms with Crippen molar-refractivity contribution in [2.45, 2.75) is 26.2 Å². The Labute approximate surface area is 71.3 Å². The molecule has 0 radical (unpaired) electrons. The van der Waals surface area contributed by atoms with Gasteiger partial charge in [-0.25, -0.2) is 4.79 Å². The summed E-state index contributed by atoms with van der Waals surface area (Å²) in [4.78, 5) is 20.5. The van der Waals surface area contributed by atoms with Crippen LogP contribution < -0.4 is 5.32 Å². The van der Waals surface area contributed by atoms with E-state index in [4.69, 9.17) is 5.21 Å². The maximum Gasteiger partial charge on any atom is 0.348 e. The predicted octanol–water partition coefficient (Wildman–Crippen LogP) is 0.734. The van der Waals surface area contributed by atoms with E-state index in [2.05, 4.69) is 5.32 Å². The van der Waals surface area contributed by atoms with Crippen molar-refractivity contribution in [3.05, 3.63) is 0 Å². The molecule has 0 saturated carbocycles. The van der Waals surface area contributed by atoms with E-state index in [0.29, 0.717) is 6.54 Å². The standard InChI is InChI=1S/C7H14N2O3/c1-2-3-4-5-8-7(11)9(12)6-10/h6,12H,2-5H2,1H3,(H,8,11). The van der Waals surface area contributed by atoms with Crippen molar-refractivity contribution in [1.29, 1.82) is 0 Å². The Kier molecular flexibility index (Phi) is 6.00. The van der Waals surface area contributed by atoms with Crippen LogP contribution in [0.5, 0.6) is 0 Å². The third-order valence-electron chi connectivity index (χ3n) is 1.36. The highest BCUT2D eigenvalue weighted by Gasteiger charge is 2.06. The van der Waals surface area contributed by atoms with Gasteiger partial charge in [-0.3, -0.25) is 10.0 Å². The summed E-state index contributed by atoms with van der Waals surface area (Å²) >= 11 is 0. The topological polar surface area (TPSA) is 69.6 Å². The maximum atomic E-state index is 10.7. The molecule has 0 aliphatic rings. The molecule has 0 bridgehead atoms. The Bertz CT molecular complexity index is 150. The minimum Gasteiger partial charge on any atom is -0.336 e. The predicted molar refractivity (Wildman–Crippen MR) is 42.6 cm³/mol. The van der Waals surface area contributed by atoms with E-state index in [9.17, 15) is 9.59 Å². The highest BCUT2D eigenvalue weighted by molar-refractivity contribution is 5.82. The number of hydrogen-bond donors (Lipinski definition) is 2. The van der Waals surface area contributed by atoms with E-state index in [-0.39, 0.29) is 11.5 Å². The molecule has 0 aliphatic heterocycles. The molecule has 0 fully saturated rings. The van der Waals surface area contributed by atoms with Crippen molar-refractivity contribution in [3.63, 3.8) is 0 Å². The molecule has 0 aromatic carbocycles. The Morgan fingerprint density at radius 3 is 2.75 bits per heavy atom. The molecule has 0 rings (SSSR count). The first kappa shape index (κ1) is 10.9. The van der Waals surface area contributed by atoms with E-state index in [1.54, 1.807) is 0 Å². The van der Waals surface area contributed by atoms with Crippen LogP contribution in [0.15, 0.2) is 0 Å². The van der Waals surface area contributed by atoms with Gasteiger partial charge in [-0.15, -0.1) is 5.06 Å². The summed E-state index contributed by atoms with van der Waals surface area (Å²) in [5, 5.41) is 10.9. The molecule has 5 heteroatoms. The van der Waals surface area contributed by atoms with Gasteiger partial charge in [0.2, 0.25) is 6.41 Å².